The van der Waals surface area contributed by atoms with Gasteiger partial charge in [0.15, 0.2) is 0 Å². The molecule has 0 saturated carbocycles. The molecule has 4 amide bonds. The molecule has 25 heavy (non-hydrogen) atoms. The average Bonchev–Trinajstić information content (AvgIpc) is 2.60. The second-order valence-corrected chi connectivity index (χ2v) is 5.72. The first-order valence-corrected chi connectivity index (χ1v) is 7.53. The Balaban J connectivity index is 2.49. The monoisotopic (exact) mass is 344 g/mol. The van der Waals surface area contributed by atoms with Crippen molar-refractivity contribution in [3.8, 4) is 11.5 Å². The highest BCUT2D eigenvalue weighted by molar-refractivity contribution is 6.30. The number of nitrogens with zero attached hydrogens (tertiary/aromatic N) is 2. The Bertz CT molecular complexity index is 756. The Morgan fingerprint density at radius 3 is 2.28 bits per heavy atom. The lowest BCUT2D eigenvalue weighted by molar-refractivity contribution is -0.134. The first kappa shape index (κ1) is 18.3. The van der Waals surface area contributed by atoms with E-state index in [1.165, 1.54) is 27.3 Å². The number of amides is 4. The summed E-state index contributed by atoms with van der Waals surface area (Å²) in [6.07, 6.45) is 1.40. The van der Waals surface area contributed by atoms with Crippen molar-refractivity contribution < 1.29 is 23.9 Å². The number of likely N-dealkylation sites (N-methyl/N-ethyl adjacent to an activating group) is 2. The van der Waals surface area contributed by atoms with Crippen LogP contribution in [0, 0.1) is 0 Å². The predicted molar refractivity (Wildman–Crippen MR) is 92.2 cm³/mol. The zero-order chi connectivity index (χ0) is 18.7. The number of hydrogen-bond acceptors (Lipinski definition) is 5. The number of carbonyl (C=O) groups excluding carboxylic acids is 3. The Labute approximate surface area is 146 Å². The molecule has 0 N–H and O–H groups in total. The van der Waals surface area contributed by atoms with Gasteiger partial charge in [-0.1, -0.05) is 6.58 Å². The molecule has 2 rings (SSSR count). The SMILES string of the molecule is C=C(C)COc1ccc(OC)cc1C=C1C(=O)N(C)C(=O)N(C)C1=O. The zero-order valence-electron chi connectivity index (χ0n) is 14.7. The number of methoxy groups -OCH3 is 1. The van der Waals surface area contributed by atoms with Crippen LogP contribution < -0.4 is 9.47 Å². The summed E-state index contributed by atoms with van der Waals surface area (Å²) in [4.78, 5) is 38.3. The van der Waals surface area contributed by atoms with Crippen LogP contribution in [0.25, 0.3) is 6.08 Å². The van der Waals surface area contributed by atoms with Crippen molar-refractivity contribution in [2.75, 3.05) is 27.8 Å². The third kappa shape index (κ3) is 3.71. The Hall–Kier alpha value is -3.09. The van der Waals surface area contributed by atoms with E-state index in [0.717, 1.165) is 15.4 Å². The van der Waals surface area contributed by atoms with Crippen LogP contribution in [-0.2, 0) is 9.59 Å². The molecular formula is C18H20N2O5. The first-order chi connectivity index (χ1) is 11.8. The van der Waals surface area contributed by atoms with E-state index < -0.39 is 17.8 Å². The van der Waals surface area contributed by atoms with Gasteiger partial charge >= 0.3 is 6.03 Å². The van der Waals surface area contributed by atoms with Crippen molar-refractivity contribution in [1.82, 2.24) is 9.80 Å². The van der Waals surface area contributed by atoms with Crippen LogP contribution in [0.4, 0.5) is 4.79 Å². The fraction of sp³-hybridized carbons (Fsp3) is 0.278. The van der Waals surface area contributed by atoms with E-state index in [2.05, 4.69) is 6.58 Å². The molecule has 0 atom stereocenters. The van der Waals surface area contributed by atoms with Crippen molar-refractivity contribution in [3.05, 3.63) is 41.5 Å². The Morgan fingerprint density at radius 2 is 1.76 bits per heavy atom. The second-order valence-electron chi connectivity index (χ2n) is 5.72. The van der Waals surface area contributed by atoms with Crippen LogP contribution in [0.5, 0.6) is 11.5 Å². The number of urea groups is 1. The minimum absolute atomic E-state index is 0.127. The number of hydrogen-bond donors (Lipinski definition) is 0. The minimum atomic E-state index is -0.670. The molecule has 1 aliphatic heterocycles. The smallest absolute Gasteiger partial charge is 0.333 e. The highest BCUT2D eigenvalue weighted by Gasteiger charge is 2.37. The summed E-state index contributed by atoms with van der Waals surface area (Å²) in [5, 5.41) is 0. The van der Waals surface area contributed by atoms with Crippen LogP contribution in [0.1, 0.15) is 12.5 Å². The van der Waals surface area contributed by atoms with Gasteiger partial charge in [0.05, 0.1) is 7.11 Å². The van der Waals surface area contributed by atoms with Gasteiger partial charge in [-0.25, -0.2) is 4.79 Å². The lowest BCUT2D eigenvalue weighted by atomic mass is 10.1. The molecule has 1 heterocycles. The molecule has 0 radical (unpaired) electrons. The number of ether oxygens (including phenoxy) is 2. The molecule has 0 aliphatic carbocycles. The van der Waals surface area contributed by atoms with Crippen molar-refractivity contribution >= 4 is 23.9 Å². The molecule has 7 heteroatoms. The molecule has 132 valence electrons. The minimum Gasteiger partial charge on any atom is -0.497 e. The molecule has 0 unspecified atom stereocenters. The number of rotatable bonds is 5. The highest BCUT2D eigenvalue weighted by Crippen LogP contribution is 2.28. The maximum absolute atomic E-state index is 12.3. The van der Waals surface area contributed by atoms with Gasteiger partial charge in [-0.3, -0.25) is 19.4 Å². The van der Waals surface area contributed by atoms with Gasteiger partial charge < -0.3 is 9.47 Å². The topological polar surface area (TPSA) is 76.2 Å². The van der Waals surface area contributed by atoms with E-state index in [4.69, 9.17) is 9.47 Å². The molecule has 0 bridgehead atoms. The molecular weight excluding hydrogens is 324 g/mol. The van der Waals surface area contributed by atoms with Crippen LogP contribution in [-0.4, -0.2) is 55.5 Å². The Kier molecular flexibility index (Phi) is 5.26. The lowest BCUT2D eigenvalue weighted by Crippen LogP contribution is -2.52. The molecule has 1 aromatic carbocycles. The van der Waals surface area contributed by atoms with Crippen molar-refractivity contribution in [1.29, 1.82) is 0 Å². The van der Waals surface area contributed by atoms with E-state index in [-0.39, 0.29) is 5.57 Å². The molecule has 1 saturated heterocycles. The molecule has 1 aliphatic rings. The quantitative estimate of drug-likeness (QED) is 0.464. The van der Waals surface area contributed by atoms with Crippen LogP contribution in [0.15, 0.2) is 35.9 Å². The van der Waals surface area contributed by atoms with Gasteiger partial charge in [0.1, 0.15) is 23.7 Å². The number of barbiturate groups is 1. The highest BCUT2D eigenvalue weighted by atomic mass is 16.5. The standard InChI is InChI=1S/C18H20N2O5/c1-11(2)10-25-15-7-6-13(24-5)8-12(15)9-14-16(21)19(3)18(23)20(4)17(14)22/h6-9H,1,10H2,2-5H3. The summed E-state index contributed by atoms with van der Waals surface area (Å²) in [6, 6.07) is 4.38. The number of benzene rings is 1. The fourth-order valence-electron chi connectivity index (χ4n) is 2.23. The molecule has 1 aromatic rings. The zero-order valence-corrected chi connectivity index (χ0v) is 14.7. The van der Waals surface area contributed by atoms with Crippen LogP contribution >= 0.6 is 0 Å². The largest absolute Gasteiger partial charge is 0.497 e. The summed E-state index contributed by atoms with van der Waals surface area (Å²) in [6.45, 7) is 5.90. The van der Waals surface area contributed by atoms with Gasteiger partial charge in [-0.15, -0.1) is 0 Å². The van der Waals surface area contributed by atoms with Crippen LogP contribution in [0.3, 0.4) is 0 Å². The Morgan fingerprint density at radius 1 is 1.16 bits per heavy atom. The summed E-state index contributed by atoms with van der Waals surface area (Å²) >= 11 is 0. The molecule has 7 nitrogen and oxygen atoms in total. The van der Waals surface area contributed by atoms with E-state index in [9.17, 15) is 14.4 Å². The van der Waals surface area contributed by atoms with E-state index >= 15 is 0 Å². The van der Waals surface area contributed by atoms with Crippen molar-refractivity contribution in [2.45, 2.75) is 6.92 Å². The maximum Gasteiger partial charge on any atom is 0.333 e. The van der Waals surface area contributed by atoms with Crippen LogP contribution in [0.2, 0.25) is 0 Å². The molecule has 1 fully saturated rings. The second kappa shape index (κ2) is 7.21. The van der Waals surface area contributed by atoms with E-state index in [1.807, 2.05) is 6.92 Å². The first-order valence-electron chi connectivity index (χ1n) is 7.53. The van der Waals surface area contributed by atoms with Gasteiger partial charge in [-0.05, 0) is 36.8 Å². The predicted octanol–water partition coefficient (Wildman–Crippen LogP) is 2.08. The van der Waals surface area contributed by atoms with Crippen molar-refractivity contribution in [3.63, 3.8) is 0 Å². The third-order valence-electron chi connectivity index (χ3n) is 3.63. The fourth-order valence-corrected chi connectivity index (χ4v) is 2.23. The summed E-state index contributed by atoms with van der Waals surface area (Å²) in [5.74, 6) is -0.314. The molecule has 0 aromatic heterocycles. The van der Waals surface area contributed by atoms with Gasteiger partial charge in [0, 0.05) is 19.7 Å². The van der Waals surface area contributed by atoms with E-state index in [1.54, 1.807) is 18.2 Å². The van der Waals surface area contributed by atoms with Gasteiger partial charge in [-0.2, -0.15) is 0 Å². The molecule has 0 spiro atoms. The number of imide groups is 2. The summed E-state index contributed by atoms with van der Waals surface area (Å²) in [7, 11) is 4.16. The van der Waals surface area contributed by atoms with Crippen molar-refractivity contribution in [2.24, 2.45) is 0 Å². The van der Waals surface area contributed by atoms with Gasteiger partial charge in [0.2, 0.25) is 0 Å². The third-order valence-corrected chi connectivity index (χ3v) is 3.63. The number of carbonyl (C=O) groups is 3. The lowest BCUT2D eigenvalue weighted by Gasteiger charge is -2.29. The van der Waals surface area contributed by atoms with Gasteiger partial charge in [0.25, 0.3) is 11.8 Å². The average molecular weight is 344 g/mol. The van der Waals surface area contributed by atoms with E-state index in [0.29, 0.717) is 23.7 Å². The summed E-state index contributed by atoms with van der Waals surface area (Å²) in [5.41, 5.74) is 1.19. The summed E-state index contributed by atoms with van der Waals surface area (Å²) < 4.78 is 10.9. The normalized spacial score (nSPS) is 14.7. The maximum atomic E-state index is 12.3.